The van der Waals surface area contributed by atoms with Crippen LogP contribution >= 0.6 is 0 Å². The predicted octanol–water partition coefficient (Wildman–Crippen LogP) is -1.35. The summed E-state index contributed by atoms with van der Waals surface area (Å²) in [6.45, 7) is 3.85. The van der Waals surface area contributed by atoms with Crippen molar-refractivity contribution in [2.75, 3.05) is 13.2 Å². The number of rotatable bonds is 2. The number of nitrogens with two attached hydrogens (primary N) is 2. The lowest BCUT2D eigenvalue weighted by atomic mass is 10.4. The maximum Gasteiger partial charge on any atom is 0.0634 e. The highest BCUT2D eigenvalue weighted by atomic mass is 16.3. The molecule has 4 heteroatoms. The van der Waals surface area contributed by atoms with Crippen LogP contribution in [0.2, 0.25) is 0 Å². The number of aliphatic hydroxyl groups excluding tert-OH is 2. The topological polar surface area (TPSA) is 92.5 Å². The lowest BCUT2D eigenvalue weighted by Gasteiger charge is -1.91. The molecule has 0 aromatic heterocycles. The normalized spacial score (nSPS) is 15.0. The first-order valence-electron chi connectivity index (χ1n) is 3.29. The van der Waals surface area contributed by atoms with Crippen molar-refractivity contribution in [2.24, 2.45) is 11.5 Å². The van der Waals surface area contributed by atoms with E-state index in [0.29, 0.717) is 6.54 Å². The van der Waals surface area contributed by atoms with Crippen molar-refractivity contribution < 1.29 is 10.2 Å². The standard InChI is InChI=1S/2C3H9NO/c1-3(4)2-5;1-3(5)2-4/h2*3,5H,2,4H2,1H3/t2*3-/m11/s1. The molecule has 0 fully saturated rings. The molecule has 0 aliphatic carbocycles. The van der Waals surface area contributed by atoms with Crippen LogP contribution in [-0.2, 0) is 0 Å². The van der Waals surface area contributed by atoms with Crippen molar-refractivity contribution in [3.63, 3.8) is 0 Å². The first kappa shape index (κ1) is 12.5. The SMILES string of the molecule is C[C@@H](N)CO.C[C@@H](O)CN. The summed E-state index contributed by atoms with van der Waals surface area (Å²) in [5.74, 6) is 0. The molecule has 0 aromatic carbocycles. The summed E-state index contributed by atoms with van der Waals surface area (Å²) in [6, 6.07) is -0.0602. The Hall–Kier alpha value is -0.160. The highest BCUT2D eigenvalue weighted by Crippen LogP contribution is 1.65. The number of hydrogen-bond donors (Lipinski definition) is 4. The molecular weight excluding hydrogens is 132 g/mol. The fourth-order valence-corrected chi connectivity index (χ4v) is 0. The largest absolute Gasteiger partial charge is 0.395 e. The van der Waals surface area contributed by atoms with E-state index in [1.165, 1.54) is 0 Å². The fourth-order valence-electron chi connectivity index (χ4n) is 0. The summed E-state index contributed by atoms with van der Waals surface area (Å²) in [4.78, 5) is 0. The van der Waals surface area contributed by atoms with Gasteiger partial charge in [-0.1, -0.05) is 0 Å². The Kier molecular flexibility index (Phi) is 11.1. The summed E-state index contributed by atoms with van der Waals surface area (Å²) in [5.41, 5.74) is 9.96. The van der Waals surface area contributed by atoms with Gasteiger partial charge >= 0.3 is 0 Å². The molecule has 0 rings (SSSR count). The minimum Gasteiger partial charge on any atom is -0.395 e. The summed E-state index contributed by atoms with van der Waals surface area (Å²) in [7, 11) is 0. The van der Waals surface area contributed by atoms with Gasteiger partial charge in [0, 0.05) is 12.6 Å². The highest BCUT2D eigenvalue weighted by Gasteiger charge is 1.82. The Morgan fingerprint density at radius 1 is 1.40 bits per heavy atom. The Balaban J connectivity index is 0. The van der Waals surface area contributed by atoms with E-state index >= 15 is 0 Å². The molecule has 0 aliphatic rings. The van der Waals surface area contributed by atoms with Gasteiger partial charge in [0.1, 0.15) is 0 Å². The van der Waals surface area contributed by atoms with Gasteiger partial charge in [0.05, 0.1) is 12.7 Å². The Morgan fingerprint density at radius 2 is 1.60 bits per heavy atom. The zero-order valence-corrected chi connectivity index (χ0v) is 6.62. The molecular formula is C6H18N2O2. The van der Waals surface area contributed by atoms with Crippen LogP contribution in [0.15, 0.2) is 0 Å². The quantitative estimate of drug-likeness (QED) is 0.391. The van der Waals surface area contributed by atoms with Crippen LogP contribution in [0.5, 0.6) is 0 Å². The van der Waals surface area contributed by atoms with Gasteiger partial charge in [0.25, 0.3) is 0 Å². The summed E-state index contributed by atoms with van der Waals surface area (Å²) < 4.78 is 0. The van der Waals surface area contributed by atoms with Crippen molar-refractivity contribution >= 4 is 0 Å². The minimum atomic E-state index is -0.338. The zero-order chi connectivity index (χ0) is 8.57. The predicted molar refractivity (Wildman–Crippen MR) is 41.5 cm³/mol. The molecule has 0 bridgehead atoms. The third kappa shape index (κ3) is 24.9. The summed E-state index contributed by atoms with van der Waals surface area (Å²) in [5, 5.41) is 16.3. The van der Waals surface area contributed by atoms with E-state index in [0.717, 1.165) is 0 Å². The molecule has 6 N–H and O–H groups in total. The van der Waals surface area contributed by atoms with E-state index < -0.39 is 0 Å². The molecule has 0 aliphatic heterocycles. The van der Waals surface area contributed by atoms with Crippen LogP contribution in [0.1, 0.15) is 13.8 Å². The summed E-state index contributed by atoms with van der Waals surface area (Å²) >= 11 is 0. The molecule has 0 saturated carbocycles. The molecule has 0 spiro atoms. The van der Waals surface area contributed by atoms with Crippen molar-refractivity contribution in [3.05, 3.63) is 0 Å². The highest BCUT2D eigenvalue weighted by molar-refractivity contribution is 4.43. The maximum absolute atomic E-state index is 8.24. The van der Waals surface area contributed by atoms with Crippen LogP contribution in [-0.4, -0.2) is 35.5 Å². The van der Waals surface area contributed by atoms with Crippen LogP contribution in [0, 0.1) is 0 Å². The van der Waals surface area contributed by atoms with E-state index in [4.69, 9.17) is 21.7 Å². The van der Waals surface area contributed by atoms with E-state index in [2.05, 4.69) is 0 Å². The van der Waals surface area contributed by atoms with E-state index in [1.807, 2.05) is 0 Å². The van der Waals surface area contributed by atoms with Gasteiger partial charge in [-0.25, -0.2) is 0 Å². The molecule has 0 unspecified atom stereocenters. The lowest BCUT2D eigenvalue weighted by Crippen LogP contribution is -2.18. The molecule has 64 valence electrons. The van der Waals surface area contributed by atoms with Gasteiger partial charge in [0.15, 0.2) is 0 Å². The third-order valence-electron chi connectivity index (χ3n) is 0.629. The monoisotopic (exact) mass is 150 g/mol. The number of hydrogen-bond acceptors (Lipinski definition) is 4. The Bertz CT molecular complexity index is 49.7. The van der Waals surface area contributed by atoms with Crippen molar-refractivity contribution in [3.8, 4) is 0 Å². The van der Waals surface area contributed by atoms with Gasteiger partial charge in [-0.3, -0.25) is 0 Å². The third-order valence-corrected chi connectivity index (χ3v) is 0.629. The van der Waals surface area contributed by atoms with Gasteiger partial charge in [-0.05, 0) is 13.8 Å². The number of aliphatic hydroxyl groups is 2. The molecule has 0 radical (unpaired) electrons. The van der Waals surface area contributed by atoms with Crippen molar-refractivity contribution in [1.29, 1.82) is 0 Å². The van der Waals surface area contributed by atoms with Gasteiger partial charge in [-0.2, -0.15) is 0 Å². The molecule has 0 amide bonds. The molecule has 10 heavy (non-hydrogen) atoms. The lowest BCUT2D eigenvalue weighted by molar-refractivity contribution is 0.203. The van der Waals surface area contributed by atoms with Crippen molar-refractivity contribution in [1.82, 2.24) is 0 Å². The van der Waals surface area contributed by atoms with Gasteiger partial charge in [-0.15, -0.1) is 0 Å². The average molecular weight is 150 g/mol. The second-order valence-corrected chi connectivity index (χ2v) is 2.24. The zero-order valence-electron chi connectivity index (χ0n) is 6.62. The molecule has 2 atom stereocenters. The van der Waals surface area contributed by atoms with Crippen LogP contribution < -0.4 is 11.5 Å². The second-order valence-electron chi connectivity index (χ2n) is 2.24. The average Bonchev–Trinajstić information content (AvgIpc) is 1.89. The van der Waals surface area contributed by atoms with E-state index in [9.17, 15) is 0 Å². The van der Waals surface area contributed by atoms with E-state index in [1.54, 1.807) is 13.8 Å². The van der Waals surface area contributed by atoms with Crippen molar-refractivity contribution in [2.45, 2.75) is 26.0 Å². The Labute approximate surface area is 61.8 Å². The smallest absolute Gasteiger partial charge is 0.0634 e. The molecule has 0 saturated heterocycles. The summed E-state index contributed by atoms with van der Waals surface area (Å²) in [6.07, 6.45) is -0.338. The molecule has 0 heterocycles. The van der Waals surface area contributed by atoms with E-state index in [-0.39, 0.29) is 18.8 Å². The van der Waals surface area contributed by atoms with Crippen LogP contribution in [0.4, 0.5) is 0 Å². The van der Waals surface area contributed by atoms with Crippen LogP contribution in [0.3, 0.4) is 0 Å². The van der Waals surface area contributed by atoms with Gasteiger partial charge < -0.3 is 21.7 Å². The molecule has 0 aromatic rings. The first-order chi connectivity index (χ1) is 4.54. The maximum atomic E-state index is 8.24. The second kappa shape index (κ2) is 8.84. The Morgan fingerprint density at radius 3 is 1.60 bits per heavy atom. The molecule has 4 nitrogen and oxygen atoms in total. The first-order valence-corrected chi connectivity index (χ1v) is 3.29. The minimum absolute atomic E-state index is 0.0602. The van der Waals surface area contributed by atoms with Gasteiger partial charge in [0.2, 0.25) is 0 Å². The fraction of sp³-hybridized carbons (Fsp3) is 1.00. The van der Waals surface area contributed by atoms with Crippen LogP contribution in [0.25, 0.3) is 0 Å².